The number of rotatable bonds is 4. The summed E-state index contributed by atoms with van der Waals surface area (Å²) in [6.45, 7) is 11.3. The first kappa shape index (κ1) is 17.1. The third-order valence-corrected chi connectivity index (χ3v) is 5.45. The van der Waals surface area contributed by atoms with Gasteiger partial charge in [-0.2, -0.15) is 0 Å². The average Bonchev–Trinajstić information content (AvgIpc) is 2.30. The molecule has 0 aliphatic heterocycles. The molecule has 0 heterocycles. The van der Waals surface area contributed by atoms with Crippen LogP contribution in [0.2, 0.25) is 0 Å². The summed E-state index contributed by atoms with van der Waals surface area (Å²) in [7, 11) is -3.59. The third kappa shape index (κ3) is 3.81. The highest BCUT2D eigenvalue weighted by Gasteiger charge is 2.27. The summed E-state index contributed by atoms with van der Waals surface area (Å²) in [6, 6.07) is 3.16. The molecule has 0 radical (unpaired) electrons. The van der Waals surface area contributed by atoms with E-state index in [9.17, 15) is 13.5 Å². The van der Waals surface area contributed by atoms with Crippen molar-refractivity contribution in [3.05, 3.63) is 28.8 Å². The molecule has 0 saturated heterocycles. The van der Waals surface area contributed by atoms with Crippen LogP contribution < -0.4 is 4.72 Å². The molecule has 1 atom stereocenters. The Morgan fingerprint density at radius 3 is 2.25 bits per heavy atom. The molecule has 20 heavy (non-hydrogen) atoms. The van der Waals surface area contributed by atoms with E-state index in [0.29, 0.717) is 5.56 Å². The van der Waals surface area contributed by atoms with E-state index in [0.717, 1.165) is 11.1 Å². The zero-order chi connectivity index (χ0) is 15.7. The van der Waals surface area contributed by atoms with Gasteiger partial charge in [-0.05, 0) is 48.9 Å². The fourth-order valence-corrected chi connectivity index (χ4v) is 3.56. The lowest BCUT2D eigenvalue weighted by Gasteiger charge is -2.28. The molecule has 0 aliphatic rings. The molecule has 0 aliphatic carbocycles. The summed E-state index contributed by atoms with van der Waals surface area (Å²) in [5.74, 6) is 0. The van der Waals surface area contributed by atoms with Crippen molar-refractivity contribution in [2.24, 2.45) is 5.41 Å². The lowest BCUT2D eigenvalue weighted by atomic mass is 9.89. The smallest absolute Gasteiger partial charge is 0.241 e. The van der Waals surface area contributed by atoms with E-state index >= 15 is 0 Å². The fraction of sp³-hybridized carbons (Fsp3) is 0.600. The Hall–Kier alpha value is -0.910. The van der Waals surface area contributed by atoms with Crippen molar-refractivity contribution < 1.29 is 13.5 Å². The van der Waals surface area contributed by atoms with Gasteiger partial charge in [-0.15, -0.1) is 0 Å². The van der Waals surface area contributed by atoms with Crippen LogP contribution in [0.15, 0.2) is 17.0 Å². The van der Waals surface area contributed by atoms with Gasteiger partial charge in [-0.3, -0.25) is 0 Å². The van der Waals surface area contributed by atoms with Crippen molar-refractivity contribution in [1.29, 1.82) is 0 Å². The molecule has 0 fully saturated rings. The van der Waals surface area contributed by atoms with Gasteiger partial charge in [0.1, 0.15) is 0 Å². The topological polar surface area (TPSA) is 66.4 Å². The summed E-state index contributed by atoms with van der Waals surface area (Å²) in [5, 5.41) is 9.24. The quantitative estimate of drug-likeness (QED) is 0.897. The largest absolute Gasteiger partial charge is 0.392 e. The minimum Gasteiger partial charge on any atom is -0.392 e. The zero-order valence-electron chi connectivity index (χ0n) is 13.1. The van der Waals surface area contributed by atoms with Crippen LogP contribution in [0.5, 0.6) is 0 Å². The summed E-state index contributed by atoms with van der Waals surface area (Å²) in [6.07, 6.45) is 0. The molecule has 0 amide bonds. The maximum atomic E-state index is 12.5. The Kier molecular flexibility index (Phi) is 5.00. The van der Waals surface area contributed by atoms with Crippen LogP contribution in [0.25, 0.3) is 0 Å². The first-order valence-electron chi connectivity index (χ1n) is 6.72. The molecule has 1 aromatic rings. The van der Waals surface area contributed by atoms with Crippen LogP contribution in [-0.4, -0.2) is 19.6 Å². The van der Waals surface area contributed by atoms with E-state index in [1.54, 1.807) is 13.0 Å². The number of sulfonamides is 1. The highest BCUT2D eigenvalue weighted by atomic mass is 32.2. The van der Waals surface area contributed by atoms with E-state index in [-0.39, 0.29) is 23.0 Å². The van der Waals surface area contributed by atoms with Gasteiger partial charge in [0.2, 0.25) is 10.0 Å². The maximum Gasteiger partial charge on any atom is 0.241 e. The predicted molar refractivity (Wildman–Crippen MR) is 81.1 cm³/mol. The molecule has 1 unspecified atom stereocenters. The highest BCUT2D eigenvalue weighted by molar-refractivity contribution is 7.89. The van der Waals surface area contributed by atoms with Crippen LogP contribution in [0.3, 0.4) is 0 Å². The molecule has 4 nitrogen and oxygen atoms in total. The van der Waals surface area contributed by atoms with E-state index in [1.165, 1.54) is 0 Å². The van der Waals surface area contributed by atoms with Gasteiger partial charge >= 0.3 is 0 Å². The molecule has 0 aromatic heterocycles. The summed E-state index contributed by atoms with van der Waals surface area (Å²) >= 11 is 0. The minimum atomic E-state index is -3.59. The Morgan fingerprint density at radius 2 is 1.80 bits per heavy atom. The Labute approximate surface area is 122 Å². The van der Waals surface area contributed by atoms with Gasteiger partial charge < -0.3 is 5.11 Å². The highest BCUT2D eigenvalue weighted by Crippen LogP contribution is 2.24. The van der Waals surface area contributed by atoms with Gasteiger partial charge in [0.25, 0.3) is 0 Å². The fourth-order valence-electron chi connectivity index (χ4n) is 1.74. The standard InChI is InChI=1S/C15H25NO3S/c1-10-7-13(9-17)8-14(11(10)2)20(18,19)16-12(3)15(4,5)6/h7-8,12,16-17H,9H2,1-6H3. The molecule has 0 bridgehead atoms. The average molecular weight is 299 g/mol. The van der Waals surface area contributed by atoms with Gasteiger partial charge in [0, 0.05) is 6.04 Å². The molecule has 0 spiro atoms. The molecular formula is C15H25NO3S. The van der Waals surface area contributed by atoms with Crippen molar-refractivity contribution in [2.45, 2.75) is 59.1 Å². The van der Waals surface area contributed by atoms with Gasteiger partial charge in [0.15, 0.2) is 0 Å². The van der Waals surface area contributed by atoms with Crippen molar-refractivity contribution in [1.82, 2.24) is 4.72 Å². The maximum absolute atomic E-state index is 12.5. The zero-order valence-corrected chi connectivity index (χ0v) is 13.9. The minimum absolute atomic E-state index is 0.162. The van der Waals surface area contributed by atoms with Crippen LogP contribution in [-0.2, 0) is 16.6 Å². The monoisotopic (exact) mass is 299 g/mol. The molecule has 5 heteroatoms. The number of hydrogen-bond acceptors (Lipinski definition) is 3. The van der Waals surface area contributed by atoms with E-state index < -0.39 is 10.0 Å². The molecule has 1 rings (SSSR count). The molecule has 0 saturated carbocycles. The second-order valence-corrected chi connectivity index (χ2v) is 8.09. The Bertz CT molecular complexity index is 586. The normalized spacial score (nSPS) is 14.3. The van der Waals surface area contributed by atoms with Crippen LogP contribution >= 0.6 is 0 Å². The van der Waals surface area contributed by atoms with Crippen LogP contribution in [0.4, 0.5) is 0 Å². The number of hydrogen-bond donors (Lipinski definition) is 2. The van der Waals surface area contributed by atoms with Crippen molar-refractivity contribution >= 4 is 10.0 Å². The first-order chi connectivity index (χ1) is 8.99. The van der Waals surface area contributed by atoms with E-state index in [4.69, 9.17) is 0 Å². The second-order valence-electron chi connectivity index (χ2n) is 6.40. The first-order valence-corrected chi connectivity index (χ1v) is 8.20. The molecule has 1 aromatic carbocycles. The third-order valence-electron chi connectivity index (χ3n) is 3.78. The van der Waals surface area contributed by atoms with E-state index in [1.807, 2.05) is 40.7 Å². The van der Waals surface area contributed by atoms with Gasteiger partial charge in [-0.1, -0.05) is 26.8 Å². The van der Waals surface area contributed by atoms with Crippen molar-refractivity contribution in [2.75, 3.05) is 0 Å². The summed E-state index contributed by atoms with van der Waals surface area (Å²) < 4.78 is 27.8. The molecule has 2 N–H and O–H groups in total. The number of aryl methyl sites for hydroxylation is 1. The van der Waals surface area contributed by atoms with Gasteiger partial charge in [-0.25, -0.2) is 13.1 Å². The van der Waals surface area contributed by atoms with E-state index in [2.05, 4.69) is 4.72 Å². The second kappa shape index (κ2) is 5.84. The predicted octanol–water partition coefficient (Wildman–Crippen LogP) is 2.51. The Morgan fingerprint density at radius 1 is 1.25 bits per heavy atom. The van der Waals surface area contributed by atoms with Gasteiger partial charge in [0.05, 0.1) is 11.5 Å². The van der Waals surface area contributed by atoms with Crippen molar-refractivity contribution in [3.63, 3.8) is 0 Å². The van der Waals surface area contributed by atoms with Crippen LogP contribution in [0.1, 0.15) is 44.4 Å². The lowest BCUT2D eigenvalue weighted by Crippen LogP contribution is -2.41. The molecule has 114 valence electrons. The number of aliphatic hydroxyl groups excluding tert-OH is 1. The number of nitrogens with one attached hydrogen (secondary N) is 1. The van der Waals surface area contributed by atoms with Crippen molar-refractivity contribution in [3.8, 4) is 0 Å². The number of aliphatic hydroxyl groups is 1. The summed E-state index contributed by atoms with van der Waals surface area (Å²) in [4.78, 5) is 0.248. The number of benzene rings is 1. The lowest BCUT2D eigenvalue weighted by molar-refractivity contribution is 0.281. The Balaban J connectivity index is 3.26. The van der Waals surface area contributed by atoms with Crippen LogP contribution in [0, 0.1) is 19.3 Å². The summed E-state index contributed by atoms with van der Waals surface area (Å²) in [5.41, 5.74) is 2.03. The SMILES string of the molecule is Cc1cc(CO)cc(S(=O)(=O)NC(C)C(C)(C)C)c1C. The molecular weight excluding hydrogens is 274 g/mol.